The summed E-state index contributed by atoms with van der Waals surface area (Å²) in [6.07, 6.45) is 6.50. The van der Waals surface area contributed by atoms with Crippen LogP contribution in [0.5, 0.6) is 0 Å². The number of rotatable bonds is 4. The summed E-state index contributed by atoms with van der Waals surface area (Å²) in [5.74, 6) is 0. The van der Waals surface area contributed by atoms with Crippen molar-refractivity contribution >= 4 is 0 Å². The molecule has 1 aromatic heterocycles. The van der Waals surface area contributed by atoms with Gasteiger partial charge in [-0.25, -0.2) is 0 Å². The molecular formula is C17H20N2. The van der Waals surface area contributed by atoms with Crippen molar-refractivity contribution in [3.8, 4) is 0 Å². The van der Waals surface area contributed by atoms with Crippen molar-refractivity contribution < 1.29 is 0 Å². The molecule has 1 aliphatic rings. The predicted molar refractivity (Wildman–Crippen MR) is 78.2 cm³/mol. The highest BCUT2D eigenvalue weighted by molar-refractivity contribution is 5.30. The number of pyridine rings is 1. The maximum Gasteiger partial charge on any atom is 0.0416 e. The van der Waals surface area contributed by atoms with Gasteiger partial charge < -0.3 is 5.32 Å². The Hall–Kier alpha value is -1.67. The number of aromatic nitrogens is 1. The maximum atomic E-state index is 4.36. The Kier molecular flexibility index (Phi) is 3.89. The highest BCUT2D eigenvalue weighted by Gasteiger charge is 2.17. The molecule has 3 rings (SSSR count). The topological polar surface area (TPSA) is 24.9 Å². The van der Waals surface area contributed by atoms with Crippen LogP contribution in [0.4, 0.5) is 0 Å². The molecule has 0 saturated carbocycles. The van der Waals surface area contributed by atoms with Crippen molar-refractivity contribution in [2.45, 2.75) is 31.7 Å². The average Bonchev–Trinajstić information content (AvgIpc) is 2.48. The van der Waals surface area contributed by atoms with Crippen molar-refractivity contribution in [2.75, 3.05) is 6.54 Å². The zero-order valence-electron chi connectivity index (χ0n) is 11.2. The molecule has 0 fully saturated rings. The molecule has 1 atom stereocenters. The number of nitrogens with one attached hydrogen (secondary N) is 1. The highest BCUT2D eigenvalue weighted by Crippen LogP contribution is 2.20. The Morgan fingerprint density at radius 1 is 1.05 bits per heavy atom. The number of hydrogen-bond donors (Lipinski definition) is 1. The lowest BCUT2D eigenvalue weighted by Crippen LogP contribution is -2.35. The van der Waals surface area contributed by atoms with Gasteiger partial charge in [0, 0.05) is 30.9 Å². The van der Waals surface area contributed by atoms with Crippen LogP contribution in [0.3, 0.4) is 0 Å². The SMILES string of the molecule is c1ccc(CCNC2CCc3ccccc3C2)nc1. The number of nitrogens with zero attached hydrogens (tertiary/aromatic N) is 1. The average molecular weight is 252 g/mol. The molecule has 1 aromatic carbocycles. The van der Waals surface area contributed by atoms with E-state index in [1.807, 2.05) is 12.3 Å². The summed E-state index contributed by atoms with van der Waals surface area (Å²) >= 11 is 0. The van der Waals surface area contributed by atoms with Gasteiger partial charge >= 0.3 is 0 Å². The molecule has 0 spiro atoms. The van der Waals surface area contributed by atoms with Crippen LogP contribution >= 0.6 is 0 Å². The van der Waals surface area contributed by atoms with Crippen molar-refractivity contribution in [3.05, 3.63) is 65.5 Å². The summed E-state index contributed by atoms with van der Waals surface area (Å²) in [5.41, 5.74) is 4.22. The highest BCUT2D eigenvalue weighted by atomic mass is 14.9. The van der Waals surface area contributed by atoms with Gasteiger partial charge in [-0.3, -0.25) is 4.98 Å². The van der Waals surface area contributed by atoms with E-state index in [0.717, 1.165) is 13.0 Å². The van der Waals surface area contributed by atoms with Gasteiger partial charge in [0.15, 0.2) is 0 Å². The van der Waals surface area contributed by atoms with Crippen LogP contribution in [0.2, 0.25) is 0 Å². The lowest BCUT2D eigenvalue weighted by atomic mass is 9.88. The maximum absolute atomic E-state index is 4.36. The summed E-state index contributed by atoms with van der Waals surface area (Å²) in [6, 6.07) is 15.6. The van der Waals surface area contributed by atoms with Crippen molar-refractivity contribution in [3.63, 3.8) is 0 Å². The summed E-state index contributed by atoms with van der Waals surface area (Å²) in [7, 11) is 0. The zero-order valence-corrected chi connectivity index (χ0v) is 11.2. The Morgan fingerprint density at radius 3 is 2.74 bits per heavy atom. The molecule has 1 heterocycles. The van der Waals surface area contributed by atoms with Gasteiger partial charge in [-0.15, -0.1) is 0 Å². The Balaban J connectivity index is 1.50. The molecule has 0 bridgehead atoms. The summed E-state index contributed by atoms with van der Waals surface area (Å²) in [6.45, 7) is 1.02. The molecule has 2 heteroatoms. The lowest BCUT2D eigenvalue weighted by molar-refractivity contribution is 0.460. The summed E-state index contributed by atoms with van der Waals surface area (Å²) in [5, 5.41) is 3.67. The Labute approximate surface area is 114 Å². The van der Waals surface area contributed by atoms with Crippen LogP contribution in [0.25, 0.3) is 0 Å². The number of hydrogen-bond acceptors (Lipinski definition) is 2. The van der Waals surface area contributed by atoms with Crippen LogP contribution < -0.4 is 5.32 Å². The van der Waals surface area contributed by atoms with Gasteiger partial charge in [-0.1, -0.05) is 30.3 Å². The van der Waals surface area contributed by atoms with Crippen molar-refractivity contribution in [1.82, 2.24) is 10.3 Å². The molecule has 0 saturated heterocycles. The second-order valence-corrected chi connectivity index (χ2v) is 5.23. The zero-order chi connectivity index (χ0) is 12.9. The number of aryl methyl sites for hydroxylation is 1. The fraction of sp³-hybridized carbons (Fsp3) is 0.353. The molecule has 1 unspecified atom stereocenters. The van der Waals surface area contributed by atoms with Gasteiger partial charge in [-0.2, -0.15) is 0 Å². The van der Waals surface area contributed by atoms with Crippen LogP contribution in [0, 0.1) is 0 Å². The normalized spacial score (nSPS) is 18.0. The third-order valence-electron chi connectivity index (χ3n) is 3.89. The van der Waals surface area contributed by atoms with E-state index in [0.29, 0.717) is 6.04 Å². The molecule has 98 valence electrons. The van der Waals surface area contributed by atoms with Gasteiger partial charge in [0.25, 0.3) is 0 Å². The first-order valence-corrected chi connectivity index (χ1v) is 7.12. The second kappa shape index (κ2) is 5.98. The molecule has 19 heavy (non-hydrogen) atoms. The van der Waals surface area contributed by atoms with E-state index in [9.17, 15) is 0 Å². The van der Waals surface area contributed by atoms with Gasteiger partial charge in [0.1, 0.15) is 0 Å². The van der Waals surface area contributed by atoms with Crippen LogP contribution in [-0.2, 0) is 19.3 Å². The van der Waals surface area contributed by atoms with Crippen molar-refractivity contribution in [2.24, 2.45) is 0 Å². The Morgan fingerprint density at radius 2 is 1.89 bits per heavy atom. The molecule has 2 nitrogen and oxygen atoms in total. The van der Waals surface area contributed by atoms with E-state index in [1.54, 1.807) is 0 Å². The molecule has 0 radical (unpaired) electrons. The standard InChI is InChI=1S/C17H20N2/c1-2-6-15-13-17(9-8-14(15)5-1)19-12-10-16-7-3-4-11-18-16/h1-7,11,17,19H,8-10,12-13H2. The van der Waals surface area contributed by atoms with E-state index in [1.165, 1.54) is 36.1 Å². The summed E-state index contributed by atoms with van der Waals surface area (Å²) in [4.78, 5) is 4.36. The third kappa shape index (κ3) is 3.21. The smallest absolute Gasteiger partial charge is 0.0416 e. The largest absolute Gasteiger partial charge is 0.313 e. The molecule has 2 aromatic rings. The predicted octanol–water partition coefficient (Wildman–Crippen LogP) is 2.77. The number of fused-ring (bicyclic) bond motifs is 1. The van der Waals surface area contributed by atoms with E-state index in [2.05, 4.69) is 46.7 Å². The molecule has 1 N–H and O–H groups in total. The van der Waals surface area contributed by atoms with Gasteiger partial charge in [0.05, 0.1) is 0 Å². The van der Waals surface area contributed by atoms with Crippen molar-refractivity contribution in [1.29, 1.82) is 0 Å². The minimum Gasteiger partial charge on any atom is -0.313 e. The minimum absolute atomic E-state index is 0.624. The lowest BCUT2D eigenvalue weighted by Gasteiger charge is -2.25. The first-order valence-electron chi connectivity index (χ1n) is 7.12. The van der Waals surface area contributed by atoms with Gasteiger partial charge in [-0.05, 0) is 42.5 Å². The van der Waals surface area contributed by atoms with Gasteiger partial charge in [0.2, 0.25) is 0 Å². The molecule has 1 aliphatic carbocycles. The fourth-order valence-electron chi connectivity index (χ4n) is 2.82. The monoisotopic (exact) mass is 252 g/mol. The Bertz CT molecular complexity index is 522. The molecule has 0 amide bonds. The number of benzene rings is 1. The van der Waals surface area contributed by atoms with Crippen LogP contribution in [0.15, 0.2) is 48.7 Å². The van der Waals surface area contributed by atoms with E-state index in [-0.39, 0.29) is 0 Å². The first-order chi connectivity index (χ1) is 9.42. The minimum atomic E-state index is 0.624. The van der Waals surface area contributed by atoms with Crippen LogP contribution in [-0.4, -0.2) is 17.6 Å². The molecular weight excluding hydrogens is 232 g/mol. The quantitative estimate of drug-likeness (QED) is 0.905. The second-order valence-electron chi connectivity index (χ2n) is 5.23. The third-order valence-corrected chi connectivity index (χ3v) is 3.89. The summed E-state index contributed by atoms with van der Waals surface area (Å²) < 4.78 is 0. The van der Waals surface area contributed by atoms with E-state index < -0.39 is 0 Å². The first kappa shape index (κ1) is 12.4. The van der Waals surface area contributed by atoms with Crippen LogP contribution in [0.1, 0.15) is 23.2 Å². The fourth-order valence-corrected chi connectivity index (χ4v) is 2.82. The molecule has 0 aliphatic heterocycles. The van der Waals surface area contributed by atoms with E-state index >= 15 is 0 Å². The van der Waals surface area contributed by atoms with E-state index in [4.69, 9.17) is 0 Å².